The second-order valence-corrected chi connectivity index (χ2v) is 6.98. The van der Waals surface area contributed by atoms with E-state index in [0.717, 1.165) is 16.6 Å². The quantitative estimate of drug-likeness (QED) is 0.550. The van der Waals surface area contributed by atoms with E-state index in [2.05, 4.69) is 15.4 Å². The van der Waals surface area contributed by atoms with Gasteiger partial charge >= 0.3 is 0 Å². The molecule has 0 aliphatic carbocycles. The fraction of sp³-hybridized carbons (Fsp3) is 0.0909. The smallest absolute Gasteiger partial charge is 0.275 e. The molecule has 0 aliphatic heterocycles. The minimum atomic E-state index is -0.341. The van der Waals surface area contributed by atoms with Crippen LogP contribution in [-0.4, -0.2) is 20.7 Å². The Labute approximate surface area is 171 Å². The predicted molar refractivity (Wildman–Crippen MR) is 113 cm³/mol. The first kappa shape index (κ1) is 18.8. The first-order valence-corrected chi connectivity index (χ1v) is 9.41. The summed E-state index contributed by atoms with van der Waals surface area (Å²) in [5, 5.41) is 9.14. The van der Waals surface area contributed by atoms with Crippen LogP contribution < -0.4 is 10.9 Å². The molecule has 1 amide bonds. The molecule has 2 aromatic heterocycles. The van der Waals surface area contributed by atoms with E-state index in [1.807, 2.05) is 24.3 Å². The number of nitrogens with zero attached hydrogens (tertiary/aromatic N) is 3. The summed E-state index contributed by atoms with van der Waals surface area (Å²) in [7, 11) is 0. The van der Waals surface area contributed by atoms with Crippen LogP contribution in [0.15, 0.2) is 77.9 Å². The number of halogens is 1. The molecule has 2 aromatic carbocycles. The molecule has 0 unspecified atom stereocenters. The summed E-state index contributed by atoms with van der Waals surface area (Å²) in [6, 6.07) is 17.9. The van der Waals surface area contributed by atoms with Crippen LogP contribution in [-0.2, 0) is 17.8 Å². The molecule has 7 heteroatoms. The maximum atomic E-state index is 12.9. The molecule has 1 N–H and O–H groups in total. The minimum Gasteiger partial charge on any atom is -0.324 e. The van der Waals surface area contributed by atoms with Gasteiger partial charge in [0.05, 0.1) is 11.1 Å². The van der Waals surface area contributed by atoms with Gasteiger partial charge in [-0.05, 0) is 48.0 Å². The van der Waals surface area contributed by atoms with Gasteiger partial charge in [-0.3, -0.25) is 14.6 Å². The largest absolute Gasteiger partial charge is 0.324 e. The van der Waals surface area contributed by atoms with E-state index in [1.54, 1.807) is 48.8 Å². The van der Waals surface area contributed by atoms with Crippen molar-refractivity contribution in [2.45, 2.75) is 13.0 Å². The summed E-state index contributed by atoms with van der Waals surface area (Å²) >= 11 is 5.87. The first-order valence-electron chi connectivity index (χ1n) is 9.03. The van der Waals surface area contributed by atoms with Crippen LogP contribution in [0.25, 0.3) is 10.8 Å². The zero-order valence-corrected chi connectivity index (χ0v) is 16.1. The molecule has 0 bridgehead atoms. The second kappa shape index (κ2) is 8.24. The van der Waals surface area contributed by atoms with Gasteiger partial charge in [-0.25, -0.2) is 4.68 Å². The van der Waals surface area contributed by atoms with Gasteiger partial charge in [0.2, 0.25) is 5.91 Å². The highest BCUT2D eigenvalue weighted by atomic mass is 35.5. The number of carbonyl (C=O) groups excluding carboxylic acids is 1. The number of hydrogen-bond donors (Lipinski definition) is 1. The molecule has 6 nitrogen and oxygen atoms in total. The highest BCUT2D eigenvalue weighted by molar-refractivity contribution is 6.30. The van der Waals surface area contributed by atoms with Gasteiger partial charge in [-0.2, -0.15) is 5.10 Å². The molecule has 0 aliphatic rings. The topological polar surface area (TPSA) is 76.9 Å². The van der Waals surface area contributed by atoms with E-state index in [0.29, 0.717) is 22.5 Å². The van der Waals surface area contributed by atoms with Crippen molar-refractivity contribution >= 4 is 34.0 Å². The Morgan fingerprint density at radius 2 is 1.66 bits per heavy atom. The number of benzene rings is 2. The third-order valence-electron chi connectivity index (χ3n) is 4.49. The molecule has 0 radical (unpaired) electrons. The molecule has 29 heavy (non-hydrogen) atoms. The van der Waals surface area contributed by atoms with Crippen molar-refractivity contribution in [2.24, 2.45) is 0 Å². The van der Waals surface area contributed by atoms with Crippen molar-refractivity contribution in [3.63, 3.8) is 0 Å². The van der Waals surface area contributed by atoms with Crippen LogP contribution >= 0.6 is 11.6 Å². The van der Waals surface area contributed by atoms with E-state index in [1.165, 1.54) is 4.68 Å². The van der Waals surface area contributed by atoms with Crippen LogP contribution in [0, 0.1) is 0 Å². The Kier molecular flexibility index (Phi) is 5.35. The van der Waals surface area contributed by atoms with Crippen molar-refractivity contribution in [3.05, 3.63) is 99.7 Å². The van der Waals surface area contributed by atoms with Crippen LogP contribution in [0.2, 0.25) is 5.02 Å². The standard InChI is InChI=1S/C22H17ClN4O2/c23-16-5-7-17(8-6-16)25-21(28)14-27-22(29)19-4-2-1-3-18(19)20(26-27)13-15-9-11-24-12-10-15/h1-12H,13-14H2,(H,25,28). The first-order chi connectivity index (χ1) is 14.1. The molecular weight excluding hydrogens is 388 g/mol. The van der Waals surface area contributed by atoms with Gasteiger partial charge in [0, 0.05) is 34.9 Å². The molecule has 0 atom stereocenters. The Bertz CT molecular complexity index is 1220. The lowest BCUT2D eigenvalue weighted by Gasteiger charge is -2.11. The molecule has 144 valence electrons. The fourth-order valence-electron chi connectivity index (χ4n) is 3.11. The number of rotatable bonds is 5. The minimum absolute atomic E-state index is 0.185. The normalized spacial score (nSPS) is 10.8. The Morgan fingerprint density at radius 3 is 2.38 bits per heavy atom. The lowest BCUT2D eigenvalue weighted by molar-refractivity contribution is -0.117. The van der Waals surface area contributed by atoms with Gasteiger partial charge in [0.15, 0.2) is 0 Å². The van der Waals surface area contributed by atoms with Crippen LogP contribution in [0.1, 0.15) is 11.3 Å². The average Bonchev–Trinajstić information content (AvgIpc) is 2.74. The summed E-state index contributed by atoms with van der Waals surface area (Å²) in [5.41, 5.74) is 2.05. The lowest BCUT2D eigenvalue weighted by atomic mass is 10.1. The van der Waals surface area contributed by atoms with Gasteiger partial charge in [0.25, 0.3) is 5.56 Å². The molecule has 0 saturated heterocycles. The molecular formula is C22H17ClN4O2. The van der Waals surface area contributed by atoms with Crippen LogP contribution in [0.4, 0.5) is 5.69 Å². The maximum absolute atomic E-state index is 12.9. The van der Waals surface area contributed by atoms with Crippen molar-refractivity contribution < 1.29 is 4.79 Å². The predicted octanol–water partition coefficient (Wildman–Crippen LogP) is 3.67. The van der Waals surface area contributed by atoms with Crippen molar-refractivity contribution in [1.29, 1.82) is 0 Å². The van der Waals surface area contributed by atoms with E-state index in [4.69, 9.17) is 11.6 Å². The number of pyridine rings is 1. The average molecular weight is 405 g/mol. The molecule has 0 fully saturated rings. The number of amides is 1. The zero-order valence-electron chi connectivity index (χ0n) is 15.4. The third kappa shape index (κ3) is 4.33. The van der Waals surface area contributed by atoms with Crippen LogP contribution in [0.3, 0.4) is 0 Å². The Balaban J connectivity index is 1.66. The van der Waals surface area contributed by atoms with E-state index in [9.17, 15) is 9.59 Å². The summed E-state index contributed by atoms with van der Waals surface area (Å²) in [5.74, 6) is -0.341. The third-order valence-corrected chi connectivity index (χ3v) is 4.74. The van der Waals surface area contributed by atoms with Crippen molar-refractivity contribution in [1.82, 2.24) is 14.8 Å². The number of carbonyl (C=O) groups is 1. The van der Waals surface area contributed by atoms with E-state index in [-0.39, 0.29) is 18.0 Å². The van der Waals surface area contributed by atoms with Crippen molar-refractivity contribution in [2.75, 3.05) is 5.32 Å². The second-order valence-electron chi connectivity index (χ2n) is 6.54. The summed E-state index contributed by atoms with van der Waals surface area (Å²) in [6.45, 7) is -0.185. The summed E-state index contributed by atoms with van der Waals surface area (Å²) < 4.78 is 1.21. The Hall–Kier alpha value is -3.51. The monoisotopic (exact) mass is 404 g/mol. The highest BCUT2D eigenvalue weighted by Gasteiger charge is 2.13. The Morgan fingerprint density at radius 1 is 0.966 bits per heavy atom. The maximum Gasteiger partial charge on any atom is 0.275 e. The van der Waals surface area contributed by atoms with Gasteiger partial charge < -0.3 is 5.32 Å². The van der Waals surface area contributed by atoms with Gasteiger partial charge in [-0.15, -0.1) is 0 Å². The van der Waals surface area contributed by atoms with Gasteiger partial charge in [0.1, 0.15) is 6.54 Å². The number of aromatic nitrogens is 3. The summed E-state index contributed by atoms with van der Waals surface area (Å²) in [4.78, 5) is 29.4. The number of fused-ring (bicyclic) bond motifs is 1. The molecule has 4 aromatic rings. The summed E-state index contributed by atoms with van der Waals surface area (Å²) in [6.07, 6.45) is 3.96. The number of hydrogen-bond acceptors (Lipinski definition) is 4. The zero-order chi connectivity index (χ0) is 20.2. The molecule has 0 spiro atoms. The SMILES string of the molecule is O=C(Cn1nc(Cc2ccncc2)c2ccccc2c1=O)Nc1ccc(Cl)cc1. The lowest BCUT2D eigenvalue weighted by Crippen LogP contribution is -2.30. The fourth-order valence-corrected chi connectivity index (χ4v) is 3.23. The number of anilines is 1. The van der Waals surface area contributed by atoms with Gasteiger partial charge in [-0.1, -0.05) is 29.8 Å². The highest BCUT2D eigenvalue weighted by Crippen LogP contribution is 2.17. The van der Waals surface area contributed by atoms with Crippen LogP contribution in [0.5, 0.6) is 0 Å². The molecule has 2 heterocycles. The van der Waals surface area contributed by atoms with E-state index >= 15 is 0 Å². The van der Waals surface area contributed by atoms with E-state index < -0.39 is 0 Å². The van der Waals surface area contributed by atoms with Crippen molar-refractivity contribution in [3.8, 4) is 0 Å². The molecule has 4 rings (SSSR count). The number of nitrogens with one attached hydrogen (secondary N) is 1. The molecule has 0 saturated carbocycles.